The van der Waals surface area contributed by atoms with E-state index in [0.717, 1.165) is 12.0 Å². The topological polar surface area (TPSA) is 76.3 Å². The molecule has 29 heavy (non-hydrogen) atoms. The molecular formula is C20H19ClFN3O3S. The van der Waals surface area contributed by atoms with Gasteiger partial charge < -0.3 is 4.42 Å². The Morgan fingerprint density at radius 3 is 2.55 bits per heavy atom. The standard InChI is InChI=1S/C20H19ClFN3O3S/c21-16-5-9-18(10-6-16)29(26,27)25-11-1-2-15(13-25)20-24-23-19(28-20)12-14-3-7-17(22)8-4-14/h3-10,15H,1-2,11-13H2/t15-/m1/s1. The van der Waals surface area contributed by atoms with Crippen molar-refractivity contribution in [2.24, 2.45) is 0 Å². The van der Waals surface area contributed by atoms with Gasteiger partial charge in [-0.05, 0) is 54.8 Å². The summed E-state index contributed by atoms with van der Waals surface area (Å²) in [5.74, 6) is 0.381. The third-order valence-electron chi connectivity index (χ3n) is 4.94. The summed E-state index contributed by atoms with van der Waals surface area (Å²) >= 11 is 5.86. The molecule has 0 spiro atoms. The number of aromatic nitrogens is 2. The molecular weight excluding hydrogens is 417 g/mol. The van der Waals surface area contributed by atoms with E-state index in [-0.39, 0.29) is 23.2 Å². The van der Waals surface area contributed by atoms with Gasteiger partial charge in [-0.1, -0.05) is 23.7 Å². The lowest BCUT2D eigenvalue weighted by Crippen LogP contribution is -2.39. The minimum Gasteiger partial charge on any atom is -0.425 e. The van der Waals surface area contributed by atoms with Gasteiger partial charge in [0, 0.05) is 18.1 Å². The fourth-order valence-electron chi connectivity index (χ4n) is 3.40. The maximum atomic E-state index is 13.0. The van der Waals surface area contributed by atoms with Crippen LogP contribution in [0.2, 0.25) is 5.02 Å². The summed E-state index contributed by atoms with van der Waals surface area (Å²) in [6, 6.07) is 12.2. The normalized spacial score (nSPS) is 18.1. The zero-order valence-corrected chi connectivity index (χ0v) is 17.0. The molecule has 0 unspecified atom stereocenters. The molecule has 3 aromatic rings. The highest BCUT2D eigenvalue weighted by molar-refractivity contribution is 7.89. The Morgan fingerprint density at radius 2 is 1.83 bits per heavy atom. The summed E-state index contributed by atoms with van der Waals surface area (Å²) < 4.78 is 46.1. The van der Waals surface area contributed by atoms with Gasteiger partial charge in [0.05, 0.1) is 17.2 Å². The van der Waals surface area contributed by atoms with Crippen molar-refractivity contribution >= 4 is 21.6 Å². The molecule has 1 aliphatic heterocycles. The van der Waals surface area contributed by atoms with Gasteiger partial charge in [0.1, 0.15) is 5.82 Å². The number of halogens is 2. The van der Waals surface area contributed by atoms with Crippen LogP contribution < -0.4 is 0 Å². The van der Waals surface area contributed by atoms with Crippen molar-refractivity contribution in [3.63, 3.8) is 0 Å². The van der Waals surface area contributed by atoms with Gasteiger partial charge in [-0.3, -0.25) is 0 Å². The Balaban J connectivity index is 1.48. The van der Waals surface area contributed by atoms with Crippen molar-refractivity contribution in [1.82, 2.24) is 14.5 Å². The number of piperidine rings is 1. The van der Waals surface area contributed by atoms with E-state index in [0.29, 0.717) is 36.2 Å². The number of benzene rings is 2. The summed E-state index contributed by atoms with van der Waals surface area (Å²) in [6.45, 7) is 0.723. The number of nitrogens with zero attached hydrogens (tertiary/aromatic N) is 3. The van der Waals surface area contributed by atoms with Crippen LogP contribution in [0.4, 0.5) is 4.39 Å². The van der Waals surface area contributed by atoms with Crippen LogP contribution >= 0.6 is 11.6 Å². The fraction of sp³-hybridized carbons (Fsp3) is 0.300. The molecule has 152 valence electrons. The number of rotatable bonds is 5. The summed E-state index contributed by atoms with van der Waals surface area (Å²) in [5, 5.41) is 8.68. The van der Waals surface area contributed by atoms with Crippen LogP contribution in [0.5, 0.6) is 0 Å². The van der Waals surface area contributed by atoms with Crippen molar-refractivity contribution < 1.29 is 17.2 Å². The van der Waals surface area contributed by atoms with Gasteiger partial charge in [-0.15, -0.1) is 10.2 Å². The first-order valence-electron chi connectivity index (χ1n) is 9.24. The molecule has 0 amide bonds. The predicted octanol–water partition coefficient (Wildman–Crippen LogP) is 4.02. The maximum absolute atomic E-state index is 13.0. The molecule has 1 saturated heterocycles. The fourth-order valence-corrected chi connectivity index (χ4v) is 5.05. The lowest BCUT2D eigenvalue weighted by Gasteiger charge is -2.30. The minimum absolute atomic E-state index is 0.166. The maximum Gasteiger partial charge on any atom is 0.243 e. The van der Waals surface area contributed by atoms with Gasteiger partial charge in [0.15, 0.2) is 0 Å². The molecule has 1 fully saturated rings. The molecule has 0 bridgehead atoms. The lowest BCUT2D eigenvalue weighted by molar-refractivity contribution is 0.281. The van der Waals surface area contributed by atoms with Gasteiger partial charge in [0.25, 0.3) is 0 Å². The van der Waals surface area contributed by atoms with Crippen molar-refractivity contribution in [1.29, 1.82) is 0 Å². The van der Waals surface area contributed by atoms with E-state index in [1.165, 1.54) is 28.6 Å². The minimum atomic E-state index is -3.62. The zero-order valence-electron chi connectivity index (χ0n) is 15.5. The highest BCUT2D eigenvalue weighted by Crippen LogP contribution is 2.30. The lowest BCUT2D eigenvalue weighted by atomic mass is 10.00. The first-order chi connectivity index (χ1) is 13.9. The molecule has 2 heterocycles. The molecule has 0 saturated carbocycles. The first kappa shape index (κ1) is 20.0. The highest BCUT2D eigenvalue weighted by atomic mass is 35.5. The Morgan fingerprint density at radius 1 is 1.10 bits per heavy atom. The third-order valence-corrected chi connectivity index (χ3v) is 7.07. The van der Waals surface area contributed by atoms with Crippen LogP contribution in [0.1, 0.15) is 36.1 Å². The zero-order chi connectivity index (χ0) is 20.4. The molecule has 0 radical (unpaired) electrons. The first-order valence-corrected chi connectivity index (χ1v) is 11.1. The van der Waals surface area contributed by atoms with E-state index < -0.39 is 10.0 Å². The van der Waals surface area contributed by atoms with Crippen molar-refractivity contribution in [3.8, 4) is 0 Å². The van der Waals surface area contributed by atoms with Crippen LogP contribution in [0.3, 0.4) is 0 Å². The SMILES string of the molecule is O=S(=O)(c1ccc(Cl)cc1)N1CCC[C@@H](c2nnc(Cc3ccc(F)cc3)o2)C1. The molecule has 0 aliphatic carbocycles. The van der Waals surface area contributed by atoms with E-state index in [4.69, 9.17) is 16.0 Å². The Hall–Kier alpha value is -2.29. The third kappa shape index (κ3) is 4.49. The average molecular weight is 436 g/mol. The van der Waals surface area contributed by atoms with E-state index in [1.54, 1.807) is 24.3 Å². The second kappa shape index (κ2) is 8.22. The predicted molar refractivity (Wildman–Crippen MR) is 106 cm³/mol. The molecule has 4 rings (SSSR count). The van der Waals surface area contributed by atoms with Crippen LogP contribution in [-0.4, -0.2) is 36.0 Å². The van der Waals surface area contributed by atoms with Crippen LogP contribution in [0.25, 0.3) is 0 Å². The number of hydrogen-bond acceptors (Lipinski definition) is 5. The Labute approximate surface area is 173 Å². The van der Waals surface area contributed by atoms with Crippen LogP contribution in [-0.2, 0) is 16.4 Å². The van der Waals surface area contributed by atoms with Gasteiger partial charge >= 0.3 is 0 Å². The van der Waals surface area contributed by atoms with E-state index in [9.17, 15) is 12.8 Å². The smallest absolute Gasteiger partial charge is 0.243 e. The van der Waals surface area contributed by atoms with Crippen LogP contribution in [0, 0.1) is 5.82 Å². The largest absolute Gasteiger partial charge is 0.425 e. The van der Waals surface area contributed by atoms with E-state index in [2.05, 4.69) is 10.2 Å². The summed E-state index contributed by atoms with van der Waals surface area (Å²) in [5.41, 5.74) is 0.859. The summed E-state index contributed by atoms with van der Waals surface area (Å²) in [4.78, 5) is 0.213. The molecule has 0 N–H and O–H groups in total. The average Bonchev–Trinajstić information content (AvgIpc) is 3.19. The Kier molecular flexibility index (Phi) is 5.67. The van der Waals surface area contributed by atoms with Crippen molar-refractivity contribution in [2.45, 2.75) is 30.1 Å². The van der Waals surface area contributed by atoms with Gasteiger partial charge in [-0.25, -0.2) is 12.8 Å². The second-order valence-corrected chi connectivity index (χ2v) is 9.37. The number of hydrogen-bond donors (Lipinski definition) is 0. The Bertz CT molecular complexity index is 1080. The molecule has 1 atom stereocenters. The summed E-state index contributed by atoms with van der Waals surface area (Å²) in [6.07, 6.45) is 1.87. The van der Waals surface area contributed by atoms with Crippen molar-refractivity contribution in [3.05, 3.63) is 76.7 Å². The van der Waals surface area contributed by atoms with E-state index >= 15 is 0 Å². The molecule has 1 aliphatic rings. The molecule has 9 heteroatoms. The summed E-state index contributed by atoms with van der Waals surface area (Å²) in [7, 11) is -3.62. The monoisotopic (exact) mass is 435 g/mol. The molecule has 1 aromatic heterocycles. The second-order valence-electron chi connectivity index (χ2n) is 6.99. The van der Waals surface area contributed by atoms with E-state index in [1.807, 2.05) is 0 Å². The highest BCUT2D eigenvalue weighted by Gasteiger charge is 2.33. The van der Waals surface area contributed by atoms with Gasteiger partial charge in [0.2, 0.25) is 21.8 Å². The van der Waals surface area contributed by atoms with Crippen molar-refractivity contribution in [2.75, 3.05) is 13.1 Å². The quantitative estimate of drug-likeness (QED) is 0.605. The van der Waals surface area contributed by atoms with Crippen LogP contribution in [0.15, 0.2) is 57.8 Å². The number of sulfonamides is 1. The molecule has 2 aromatic carbocycles. The molecule has 6 nitrogen and oxygen atoms in total. The van der Waals surface area contributed by atoms with Gasteiger partial charge in [-0.2, -0.15) is 4.31 Å².